The number of nitrogens with one attached hydrogen (secondary N) is 1. The van der Waals surface area contributed by atoms with Gasteiger partial charge in [-0.05, 0) is 37.5 Å². The molecule has 1 fully saturated rings. The number of carbonyl (C=O) groups excluding carboxylic acids is 1. The number of nitrogen functional groups attached to an aromatic ring is 1. The Hall–Kier alpha value is -1.72. The first kappa shape index (κ1) is 12.7. The van der Waals surface area contributed by atoms with E-state index in [4.69, 9.17) is 5.73 Å². The third-order valence-electron chi connectivity index (χ3n) is 3.07. The summed E-state index contributed by atoms with van der Waals surface area (Å²) < 4.78 is 37.6. The third kappa shape index (κ3) is 2.57. The molecule has 3 nitrogen and oxygen atoms in total. The molecule has 0 saturated heterocycles. The van der Waals surface area contributed by atoms with Crippen molar-refractivity contribution in [3.63, 3.8) is 0 Å². The Morgan fingerprint density at radius 3 is 2.50 bits per heavy atom. The Labute approximate surface area is 102 Å². The van der Waals surface area contributed by atoms with Crippen LogP contribution < -0.4 is 11.1 Å². The highest BCUT2D eigenvalue weighted by molar-refractivity contribution is 5.99. The number of alkyl halides is 3. The molecule has 0 aromatic heterocycles. The van der Waals surface area contributed by atoms with Gasteiger partial charge in [0, 0.05) is 11.7 Å². The van der Waals surface area contributed by atoms with Crippen LogP contribution in [-0.2, 0) is 6.18 Å². The molecule has 1 aliphatic carbocycles. The average Bonchev–Trinajstić information content (AvgIpc) is 2.22. The second-order valence-corrected chi connectivity index (χ2v) is 4.40. The maximum absolute atomic E-state index is 12.5. The molecule has 0 radical (unpaired) electrons. The van der Waals surface area contributed by atoms with Gasteiger partial charge in [-0.1, -0.05) is 0 Å². The monoisotopic (exact) mass is 258 g/mol. The van der Waals surface area contributed by atoms with E-state index in [9.17, 15) is 18.0 Å². The van der Waals surface area contributed by atoms with Crippen molar-refractivity contribution in [3.8, 4) is 0 Å². The normalized spacial score (nSPS) is 16.2. The van der Waals surface area contributed by atoms with Crippen LogP contribution in [0.4, 0.5) is 18.9 Å². The first-order valence-electron chi connectivity index (χ1n) is 5.65. The Bertz CT molecular complexity index is 467. The van der Waals surface area contributed by atoms with E-state index >= 15 is 0 Å². The van der Waals surface area contributed by atoms with Crippen molar-refractivity contribution in [2.24, 2.45) is 0 Å². The smallest absolute Gasteiger partial charge is 0.398 e. The maximum Gasteiger partial charge on any atom is 0.416 e. The van der Waals surface area contributed by atoms with E-state index in [1.807, 2.05) is 0 Å². The lowest BCUT2D eigenvalue weighted by atomic mass is 9.93. The van der Waals surface area contributed by atoms with Gasteiger partial charge in [-0.25, -0.2) is 0 Å². The summed E-state index contributed by atoms with van der Waals surface area (Å²) in [6.45, 7) is 0. The molecular formula is C12H13F3N2O. The van der Waals surface area contributed by atoms with Crippen LogP contribution in [0.25, 0.3) is 0 Å². The van der Waals surface area contributed by atoms with E-state index in [-0.39, 0.29) is 17.3 Å². The highest BCUT2D eigenvalue weighted by Crippen LogP contribution is 2.31. The molecular weight excluding hydrogens is 245 g/mol. The van der Waals surface area contributed by atoms with Gasteiger partial charge in [-0.3, -0.25) is 4.79 Å². The first-order valence-corrected chi connectivity index (χ1v) is 5.65. The minimum absolute atomic E-state index is 0.0554. The third-order valence-corrected chi connectivity index (χ3v) is 3.07. The Morgan fingerprint density at radius 2 is 2.00 bits per heavy atom. The highest BCUT2D eigenvalue weighted by Gasteiger charge is 2.32. The molecule has 2 rings (SSSR count). The number of rotatable bonds is 2. The van der Waals surface area contributed by atoms with Gasteiger partial charge in [0.15, 0.2) is 0 Å². The molecule has 6 heteroatoms. The summed E-state index contributed by atoms with van der Waals surface area (Å²) in [6.07, 6.45) is -1.71. The first-order chi connectivity index (χ1) is 8.38. The summed E-state index contributed by atoms with van der Waals surface area (Å²) in [6, 6.07) is 2.84. The molecule has 0 unspecified atom stereocenters. The number of nitrogens with two attached hydrogens (primary N) is 1. The lowest BCUT2D eigenvalue weighted by Gasteiger charge is -2.26. The van der Waals surface area contributed by atoms with E-state index in [2.05, 4.69) is 5.32 Å². The Kier molecular flexibility index (Phi) is 3.19. The predicted octanol–water partition coefficient (Wildman–Crippen LogP) is 2.57. The van der Waals surface area contributed by atoms with E-state index in [1.54, 1.807) is 0 Å². The zero-order valence-electron chi connectivity index (χ0n) is 9.55. The molecule has 1 aromatic carbocycles. The molecule has 1 aromatic rings. The van der Waals surface area contributed by atoms with Gasteiger partial charge in [0.2, 0.25) is 0 Å². The number of amides is 1. The van der Waals surface area contributed by atoms with Crippen LogP contribution in [0, 0.1) is 0 Å². The summed E-state index contributed by atoms with van der Waals surface area (Å²) in [5.74, 6) is -0.539. The van der Waals surface area contributed by atoms with Gasteiger partial charge < -0.3 is 11.1 Å². The van der Waals surface area contributed by atoms with Crippen LogP contribution in [0.5, 0.6) is 0 Å². The fourth-order valence-corrected chi connectivity index (χ4v) is 1.74. The van der Waals surface area contributed by atoms with Crippen molar-refractivity contribution in [2.75, 3.05) is 5.73 Å². The summed E-state index contributed by atoms with van der Waals surface area (Å²) in [7, 11) is 0. The van der Waals surface area contributed by atoms with Gasteiger partial charge >= 0.3 is 6.18 Å². The number of benzene rings is 1. The van der Waals surface area contributed by atoms with E-state index < -0.39 is 17.6 Å². The van der Waals surface area contributed by atoms with E-state index in [0.29, 0.717) is 0 Å². The minimum atomic E-state index is -4.47. The minimum Gasteiger partial charge on any atom is -0.398 e. The average molecular weight is 258 g/mol. The highest BCUT2D eigenvalue weighted by atomic mass is 19.4. The van der Waals surface area contributed by atoms with E-state index in [1.165, 1.54) is 0 Å². The van der Waals surface area contributed by atoms with Gasteiger partial charge in [-0.15, -0.1) is 0 Å². The van der Waals surface area contributed by atoms with Crippen molar-refractivity contribution >= 4 is 11.6 Å². The van der Waals surface area contributed by atoms with Crippen molar-refractivity contribution in [2.45, 2.75) is 31.5 Å². The topological polar surface area (TPSA) is 55.1 Å². The maximum atomic E-state index is 12.5. The number of halogens is 3. The standard InChI is InChI=1S/C12H13F3N2O/c13-12(14,15)7-4-5-10(16)9(6-7)11(18)17-8-2-1-3-8/h4-6,8H,1-3,16H2,(H,17,18). The molecule has 0 aliphatic heterocycles. The van der Waals surface area contributed by atoms with Crippen LogP contribution in [-0.4, -0.2) is 11.9 Å². The lowest BCUT2D eigenvalue weighted by Crippen LogP contribution is -2.39. The molecule has 0 heterocycles. The molecule has 3 N–H and O–H groups in total. The molecule has 98 valence electrons. The number of carbonyl (C=O) groups is 1. The molecule has 1 saturated carbocycles. The quantitative estimate of drug-likeness (QED) is 0.801. The Morgan fingerprint density at radius 1 is 1.33 bits per heavy atom. The molecule has 1 aliphatic rings. The van der Waals surface area contributed by atoms with Crippen molar-refractivity contribution < 1.29 is 18.0 Å². The van der Waals surface area contributed by atoms with Crippen LogP contribution in [0.3, 0.4) is 0 Å². The molecule has 0 bridgehead atoms. The molecule has 0 spiro atoms. The molecule has 18 heavy (non-hydrogen) atoms. The van der Waals surface area contributed by atoms with Crippen molar-refractivity contribution in [1.82, 2.24) is 5.32 Å². The number of anilines is 1. The van der Waals surface area contributed by atoms with Crippen LogP contribution in [0.15, 0.2) is 18.2 Å². The molecule has 1 amide bonds. The zero-order chi connectivity index (χ0) is 13.3. The fraction of sp³-hybridized carbons (Fsp3) is 0.417. The zero-order valence-corrected chi connectivity index (χ0v) is 9.55. The predicted molar refractivity (Wildman–Crippen MR) is 61.0 cm³/mol. The summed E-state index contributed by atoms with van der Waals surface area (Å²) >= 11 is 0. The lowest BCUT2D eigenvalue weighted by molar-refractivity contribution is -0.137. The van der Waals surface area contributed by atoms with Gasteiger partial charge in [-0.2, -0.15) is 13.2 Å². The second kappa shape index (κ2) is 4.51. The van der Waals surface area contributed by atoms with E-state index in [0.717, 1.165) is 37.5 Å². The van der Waals surface area contributed by atoms with Crippen molar-refractivity contribution in [3.05, 3.63) is 29.3 Å². The van der Waals surface area contributed by atoms with Gasteiger partial charge in [0.25, 0.3) is 5.91 Å². The van der Waals surface area contributed by atoms with Crippen LogP contribution in [0.2, 0.25) is 0 Å². The number of hydrogen-bond donors (Lipinski definition) is 2. The number of hydrogen-bond acceptors (Lipinski definition) is 2. The van der Waals surface area contributed by atoms with Gasteiger partial charge in [0.1, 0.15) is 0 Å². The Balaban J connectivity index is 2.22. The van der Waals surface area contributed by atoms with Gasteiger partial charge in [0.05, 0.1) is 11.1 Å². The summed E-state index contributed by atoms with van der Waals surface area (Å²) in [5, 5.41) is 2.67. The SMILES string of the molecule is Nc1ccc(C(F)(F)F)cc1C(=O)NC1CCC1. The van der Waals surface area contributed by atoms with Crippen LogP contribution in [0.1, 0.15) is 35.2 Å². The fourth-order valence-electron chi connectivity index (χ4n) is 1.74. The largest absolute Gasteiger partial charge is 0.416 e. The molecule has 0 atom stereocenters. The summed E-state index contributed by atoms with van der Waals surface area (Å²) in [5.41, 5.74) is 4.62. The summed E-state index contributed by atoms with van der Waals surface area (Å²) in [4.78, 5) is 11.8. The van der Waals surface area contributed by atoms with Crippen LogP contribution >= 0.6 is 0 Å². The van der Waals surface area contributed by atoms with Crippen molar-refractivity contribution in [1.29, 1.82) is 0 Å². The second-order valence-electron chi connectivity index (χ2n) is 4.40.